The summed E-state index contributed by atoms with van der Waals surface area (Å²) < 4.78 is 6.90. The van der Waals surface area contributed by atoms with Gasteiger partial charge in [0.05, 0.1) is 18.4 Å². The lowest BCUT2D eigenvalue weighted by Gasteiger charge is -2.10. The predicted octanol–water partition coefficient (Wildman–Crippen LogP) is 0.378. The number of hydrogen-bond donors (Lipinski definition) is 2. The summed E-state index contributed by atoms with van der Waals surface area (Å²) in [6.07, 6.45) is 2.23. The number of rotatable bonds is 5. The summed E-state index contributed by atoms with van der Waals surface area (Å²) in [5.74, 6) is 1.07. The molecule has 7 nitrogen and oxygen atoms in total. The van der Waals surface area contributed by atoms with Crippen molar-refractivity contribution in [2.24, 2.45) is 7.05 Å². The van der Waals surface area contributed by atoms with E-state index in [0.29, 0.717) is 30.0 Å². The number of para-hydroxylation sites is 1. The Morgan fingerprint density at radius 1 is 1.50 bits per heavy atom. The maximum Gasteiger partial charge on any atom is 0.253 e. The average Bonchev–Trinajstić information content (AvgIpc) is 2.84. The van der Waals surface area contributed by atoms with Crippen LogP contribution in [0.2, 0.25) is 0 Å². The van der Waals surface area contributed by atoms with Crippen LogP contribution in [0.15, 0.2) is 24.5 Å². The average molecular weight is 275 g/mol. The number of aromatic nitrogens is 3. The van der Waals surface area contributed by atoms with Crippen LogP contribution in [0.5, 0.6) is 5.75 Å². The highest BCUT2D eigenvalue weighted by Crippen LogP contribution is 2.24. The highest BCUT2D eigenvalue weighted by molar-refractivity contribution is 6.00. The SMILES string of the molecule is COc1cccc(C(=O)NCCc2nncn2C)c1N. The molecular weight excluding hydrogens is 258 g/mol. The Hall–Kier alpha value is -2.57. The number of nitrogens with one attached hydrogen (secondary N) is 1. The lowest BCUT2D eigenvalue weighted by Crippen LogP contribution is -2.27. The van der Waals surface area contributed by atoms with Crippen LogP contribution in [0.1, 0.15) is 16.2 Å². The molecular formula is C13H17N5O2. The minimum absolute atomic E-state index is 0.233. The smallest absolute Gasteiger partial charge is 0.253 e. The van der Waals surface area contributed by atoms with Gasteiger partial charge in [-0.15, -0.1) is 10.2 Å². The summed E-state index contributed by atoms with van der Waals surface area (Å²) in [5, 5.41) is 10.5. The Morgan fingerprint density at radius 2 is 2.30 bits per heavy atom. The van der Waals surface area contributed by atoms with Gasteiger partial charge in [-0.3, -0.25) is 4.79 Å². The van der Waals surface area contributed by atoms with E-state index in [2.05, 4.69) is 15.5 Å². The van der Waals surface area contributed by atoms with Crippen LogP contribution in [0.25, 0.3) is 0 Å². The highest BCUT2D eigenvalue weighted by Gasteiger charge is 2.12. The summed E-state index contributed by atoms with van der Waals surface area (Å²) in [4.78, 5) is 12.1. The molecule has 0 saturated heterocycles. The minimum Gasteiger partial charge on any atom is -0.495 e. The van der Waals surface area contributed by atoms with Gasteiger partial charge in [0.2, 0.25) is 0 Å². The Labute approximate surface area is 116 Å². The van der Waals surface area contributed by atoms with Crippen molar-refractivity contribution in [2.45, 2.75) is 6.42 Å². The fourth-order valence-electron chi connectivity index (χ4n) is 1.84. The van der Waals surface area contributed by atoms with Gasteiger partial charge in [-0.25, -0.2) is 0 Å². The summed E-state index contributed by atoms with van der Waals surface area (Å²) in [5.41, 5.74) is 6.62. The second-order valence-electron chi connectivity index (χ2n) is 4.29. The molecule has 0 saturated carbocycles. The third kappa shape index (κ3) is 2.87. The van der Waals surface area contributed by atoms with Gasteiger partial charge in [0.15, 0.2) is 0 Å². The molecule has 0 aliphatic rings. The molecule has 106 valence electrons. The Balaban J connectivity index is 1.97. The second-order valence-corrected chi connectivity index (χ2v) is 4.29. The third-order valence-corrected chi connectivity index (χ3v) is 2.97. The van der Waals surface area contributed by atoms with Gasteiger partial charge in [-0.1, -0.05) is 6.07 Å². The number of benzene rings is 1. The van der Waals surface area contributed by atoms with Gasteiger partial charge in [0.1, 0.15) is 17.9 Å². The molecule has 1 aromatic heterocycles. The van der Waals surface area contributed by atoms with Crippen molar-refractivity contribution in [2.75, 3.05) is 19.4 Å². The van der Waals surface area contributed by atoms with Crippen molar-refractivity contribution < 1.29 is 9.53 Å². The van der Waals surface area contributed by atoms with Crippen LogP contribution in [-0.2, 0) is 13.5 Å². The molecule has 0 aliphatic carbocycles. The lowest BCUT2D eigenvalue weighted by molar-refractivity contribution is 0.0954. The monoisotopic (exact) mass is 275 g/mol. The van der Waals surface area contributed by atoms with E-state index in [9.17, 15) is 4.79 Å². The summed E-state index contributed by atoms with van der Waals surface area (Å²) >= 11 is 0. The topological polar surface area (TPSA) is 95.1 Å². The fraction of sp³-hybridized carbons (Fsp3) is 0.308. The normalized spacial score (nSPS) is 10.3. The molecule has 0 unspecified atom stereocenters. The maximum atomic E-state index is 12.1. The quantitative estimate of drug-likeness (QED) is 0.769. The number of ether oxygens (including phenoxy) is 1. The van der Waals surface area contributed by atoms with Crippen LogP contribution in [0.4, 0.5) is 5.69 Å². The Kier molecular flexibility index (Phi) is 4.19. The van der Waals surface area contributed by atoms with Crippen LogP contribution < -0.4 is 15.8 Å². The maximum absolute atomic E-state index is 12.1. The molecule has 0 atom stereocenters. The zero-order valence-electron chi connectivity index (χ0n) is 11.5. The molecule has 0 bridgehead atoms. The summed E-state index contributed by atoms with van der Waals surface area (Å²) in [6.45, 7) is 0.460. The van der Waals surface area contributed by atoms with Gasteiger partial charge >= 0.3 is 0 Å². The molecule has 20 heavy (non-hydrogen) atoms. The standard InChI is InChI=1S/C13H17N5O2/c1-18-8-16-17-11(18)6-7-15-13(19)9-4-3-5-10(20-2)12(9)14/h3-5,8H,6-7,14H2,1-2H3,(H,15,19). The van der Waals surface area contributed by atoms with Gasteiger partial charge < -0.3 is 20.4 Å². The number of nitrogens with zero attached hydrogens (tertiary/aromatic N) is 3. The van der Waals surface area contributed by atoms with Crippen molar-refractivity contribution >= 4 is 11.6 Å². The Bertz CT molecular complexity index is 609. The number of carbonyl (C=O) groups excluding carboxylic acids is 1. The van der Waals surface area contributed by atoms with Crippen molar-refractivity contribution in [1.82, 2.24) is 20.1 Å². The van der Waals surface area contributed by atoms with Crippen LogP contribution in [0.3, 0.4) is 0 Å². The molecule has 0 aliphatic heterocycles. The zero-order valence-corrected chi connectivity index (χ0v) is 11.5. The van der Waals surface area contributed by atoms with E-state index < -0.39 is 0 Å². The number of nitrogen functional groups attached to an aromatic ring is 1. The molecule has 2 aromatic rings. The molecule has 2 rings (SSSR count). The van der Waals surface area contributed by atoms with E-state index in [1.54, 1.807) is 24.5 Å². The number of amides is 1. The molecule has 0 fully saturated rings. The van der Waals surface area contributed by atoms with Crippen LogP contribution in [0, 0.1) is 0 Å². The van der Waals surface area contributed by atoms with E-state index in [1.807, 2.05) is 11.6 Å². The number of anilines is 1. The number of aryl methyl sites for hydroxylation is 1. The zero-order chi connectivity index (χ0) is 14.5. The van der Waals surface area contributed by atoms with Crippen molar-refractivity contribution in [3.63, 3.8) is 0 Å². The number of carbonyl (C=O) groups is 1. The van der Waals surface area contributed by atoms with Crippen LogP contribution in [-0.4, -0.2) is 34.3 Å². The van der Waals surface area contributed by atoms with Crippen molar-refractivity contribution in [1.29, 1.82) is 0 Å². The van der Waals surface area contributed by atoms with E-state index in [4.69, 9.17) is 10.5 Å². The van der Waals surface area contributed by atoms with E-state index in [-0.39, 0.29) is 5.91 Å². The molecule has 0 spiro atoms. The number of methoxy groups -OCH3 is 1. The van der Waals surface area contributed by atoms with Gasteiger partial charge in [0.25, 0.3) is 5.91 Å². The predicted molar refractivity (Wildman–Crippen MR) is 74.4 cm³/mol. The highest BCUT2D eigenvalue weighted by atomic mass is 16.5. The molecule has 3 N–H and O–H groups in total. The molecule has 1 aromatic carbocycles. The minimum atomic E-state index is -0.233. The first-order valence-electron chi connectivity index (χ1n) is 6.17. The number of nitrogens with two attached hydrogens (primary N) is 1. The fourth-order valence-corrected chi connectivity index (χ4v) is 1.84. The molecule has 0 radical (unpaired) electrons. The summed E-state index contributed by atoms with van der Waals surface area (Å²) in [6, 6.07) is 5.11. The molecule has 1 amide bonds. The molecule has 1 heterocycles. The first kappa shape index (κ1) is 13.9. The van der Waals surface area contributed by atoms with E-state index in [0.717, 1.165) is 5.82 Å². The number of hydrogen-bond acceptors (Lipinski definition) is 5. The summed E-state index contributed by atoms with van der Waals surface area (Å²) in [7, 11) is 3.37. The van der Waals surface area contributed by atoms with E-state index >= 15 is 0 Å². The van der Waals surface area contributed by atoms with Crippen LogP contribution >= 0.6 is 0 Å². The van der Waals surface area contributed by atoms with Crippen molar-refractivity contribution in [3.8, 4) is 5.75 Å². The lowest BCUT2D eigenvalue weighted by atomic mass is 10.1. The second kappa shape index (κ2) is 6.05. The Morgan fingerprint density at radius 3 is 2.95 bits per heavy atom. The molecule has 7 heteroatoms. The van der Waals surface area contributed by atoms with Gasteiger partial charge in [0, 0.05) is 20.0 Å². The van der Waals surface area contributed by atoms with Crippen molar-refractivity contribution in [3.05, 3.63) is 35.9 Å². The first-order chi connectivity index (χ1) is 9.63. The van der Waals surface area contributed by atoms with E-state index in [1.165, 1.54) is 7.11 Å². The first-order valence-corrected chi connectivity index (χ1v) is 6.17. The van der Waals surface area contributed by atoms with Gasteiger partial charge in [-0.05, 0) is 12.1 Å². The third-order valence-electron chi connectivity index (χ3n) is 2.97. The van der Waals surface area contributed by atoms with Gasteiger partial charge in [-0.2, -0.15) is 0 Å². The largest absolute Gasteiger partial charge is 0.495 e.